The van der Waals surface area contributed by atoms with Crippen LogP contribution in [0, 0.1) is 20.2 Å². The number of morpholine rings is 2. The average Bonchev–Trinajstić information content (AvgIpc) is 3.16. The third-order valence-electron chi connectivity index (χ3n) is 8.83. The van der Waals surface area contributed by atoms with Gasteiger partial charge in [0.15, 0.2) is 0 Å². The number of carbonyl (C=O) groups is 2. The molecule has 2 aromatic carbocycles. The van der Waals surface area contributed by atoms with Crippen LogP contribution in [0.25, 0.3) is 0 Å². The smallest absolute Gasteiger partial charge is 0.293 e. The fraction of sp³-hybridized carbons (Fsp3) is 0.562. The maximum Gasteiger partial charge on any atom is 0.293 e. The second-order valence-corrected chi connectivity index (χ2v) is 11.8. The molecule has 16 heteroatoms. The molecule has 0 N–H and O–H groups in total. The Bertz CT molecular complexity index is 1310. The quantitative estimate of drug-likeness (QED) is 0.255. The molecule has 4 aliphatic heterocycles. The van der Waals surface area contributed by atoms with Gasteiger partial charge in [-0.2, -0.15) is 0 Å². The summed E-state index contributed by atoms with van der Waals surface area (Å²) < 4.78 is 10.5. The second kappa shape index (κ2) is 18.4. The van der Waals surface area contributed by atoms with Crippen LogP contribution in [0.1, 0.15) is 60.7 Å². The monoisotopic (exact) mass is 662 g/mol. The van der Waals surface area contributed by atoms with Gasteiger partial charge in [0.2, 0.25) is 0 Å². The first-order valence-corrected chi connectivity index (χ1v) is 16.5. The second-order valence-electron chi connectivity index (χ2n) is 11.8. The largest absolute Gasteiger partial charge is 0.378 e. The number of anilines is 2. The van der Waals surface area contributed by atoms with Crippen molar-refractivity contribution in [3.8, 4) is 0 Å². The van der Waals surface area contributed by atoms with Crippen molar-refractivity contribution in [1.29, 1.82) is 0 Å². The number of piperidine rings is 2. The van der Waals surface area contributed by atoms with E-state index in [-0.39, 0.29) is 34.5 Å². The van der Waals surface area contributed by atoms with E-state index >= 15 is 0 Å². The maximum atomic E-state index is 12.5. The molecule has 0 aromatic heterocycles. The van der Waals surface area contributed by atoms with Gasteiger partial charge in [0.1, 0.15) is 11.4 Å². The number of nitro groups is 2. The van der Waals surface area contributed by atoms with E-state index in [4.69, 9.17) is 9.47 Å². The van der Waals surface area contributed by atoms with Gasteiger partial charge < -0.3 is 29.1 Å². The summed E-state index contributed by atoms with van der Waals surface area (Å²) in [6, 6.07) is 9.68. The molecule has 6 rings (SSSR count). The number of benzene rings is 2. The summed E-state index contributed by atoms with van der Waals surface area (Å²) in [5, 5.41) is 22.9. The number of nitro benzene ring substituents is 2. The topological polar surface area (TPSA) is 152 Å². The molecular weight excluding hydrogens is 618 g/mol. The summed E-state index contributed by atoms with van der Waals surface area (Å²) in [4.78, 5) is 54.6. The summed E-state index contributed by atoms with van der Waals surface area (Å²) in [5.41, 5.74) is 2.03. The van der Waals surface area contributed by atoms with Gasteiger partial charge in [-0.3, -0.25) is 29.8 Å². The first-order chi connectivity index (χ1) is 23.3. The lowest BCUT2D eigenvalue weighted by Gasteiger charge is -2.29. The Hall–Kier alpha value is -4.17. The highest BCUT2D eigenvalue weighted by molar-refractivity contribution is 6.75. The molecule has 4 radical (unpaired) electrons. The number of amides is 2. The number of ether oxygens (including phenoxy) is 2. The van der Waals surface area contributed by atoms with Crippen LogP contribution in [0.5, 0.6) is 0 Å². The van der Waals surface area contributed by atoms with Crippen LogP contribution in [0.3, 0.4) is 0 Å². The maximum absolute atomic E-state index is 12.5. The van der Waals surface area contributed by atoms with Gasteiger partial charge in [-0.05, 0) is 62.8 Å². The van der Waals surface area contributed by atoms with E-state index in [0.717, 1.165) is 64.7 Å². The lowest BCUT2D eigenvalue weighted by atomic mass is 9.81. The summed E-state index contributed by atoms with van der Waals surface area (Å²) in [5.74, 6) is -0.330. The van der Waals surface area contributed by atoms with Crippen LogP contribution in [-0.2, 0) is 9.47 Å². The summed E-state index contributed by atoms with van der Waals surface area (Å²) >= 11 is 0. The molecule has 2 amide bonds. The summed E-state index contributed by atoms with van der Waals surface area (Å²) in [6.07, 6.45) is 6.52. The Balaban J connectivity index is 0.000000248. The number of hydrogen-bond donors (Lipinski definition) is 0. The number of rotatable bonds is 6. The van der Waals surface area contributed by atoms with Gasteiger partial charge in [0.25, 0.3) is 23.2 Å². The highest BCUT2D eigenvalue weighted by atomic mass is 16.6. The molecule has 0 bridgehead atoms. The van der Waals surface area contributed by atoms with Crippen LogP contribution < -0.4 is 9.80 Å². The molecule has 48 heavy (non-hydrogen) atoms. The fourth-order valence-electron chi connectivity index (χ4n) is 6.31. The minimum Gasteiger partial charge on any atom is -0.378 e. The third-order valence-corrected chi connectivity index (χ3v) is 8.83. The summed E-state index contributed by atoms with van der Waals surface area (Å²) in [7, 11) is 8.00. The van der Waals surface area contributed by atoms with Crippen LogP contribution in [0.4, 0.5) is 22.7 Å². The SMILES string of the molecule is O=C(c1ccc(N2CCCCC2)c([N+](=O)[O-])c1)N1CCOCC1.O=C(c1ccc(N2CCCCC2)c([N+](=O)[O-])c1)N1CCOCC1.[B][B].[HH]. The standard InChI is InChI=1S/2C16H21N3O4.B2.H2/c2*20-16(18-8-10-23-11-9-18)13-4-5-14(15(12-13)19(21)22)17-6-2-1-3-7-17;1-2;/h2*4-5,12H,1-3,6-11H2;;1H. The number of hydrogen-bond acceptors (Lipinski definition) is 10. The molecular formula is C32H44B2N6O8. The van der Waals surface area contributed by atoms with Crippen molar-refractivity contribution < 1.29 is 30.3 Å². The van der Waals surface area contributed by atoms with E-state index in [2.05, 4.69) is 15.5 Å². The van der Waals surface area contributed by atoms with Crippen molar-refractivity contribution in [2.24, 2.45) is 0 Å². The molecule has 0 aliphatic carbocycles. The predicted octanol–water partition coefficient (Wildman–Crippen LogP) is 3.60. The fourth-order valence-corrected chi connectivity index (χ4v) is 6.31. The van der Waals surface area contributed by atoms with Crippen molar-refractivity contribution in [2.75, 3.05) is 88.6 Å². The van der Waals surface area contributed by atoms with Crippen molar-refractivity contribution in [3.63, 3.8) is 0 Å². The minimum atomic E-state index is -0.389. The normalized spacial score (nSPS) is 18.1. The zero-order chi connectivity index (χ0) is 34.5. The Morgan fingerprint density at radius 2 is 0.917 bits per heavy atom. The van der Waals surface area contributed by atoms with Crippen LogP contribution in [0.15, 0.2) is 36.4 Å². The van der Waals surface area contributed by atoms with E-state index in [1.54, 1.807) is 34.1 Å². The third kappa shape index (κ3) is 9.47. The first kappa shape index (κ1) is 36.7. The molecule has 0 spiro atoms. The Morgan fingerprint density at radius 1 is 0.583 bits per heavy atom. The van der Waals surface area contributed by atoms with Gasteiger partial charge in [-0.1, -0.05) is 0 Å². The minimum absolute atomic E-state index is 0. The predicted molar refractivity (Wildman–Crippen MR) is 185 cm³/mol. The molecule has 0 saturated carbocycles. The highest BCUT2D eigenvalue weighted by Crippen LogP contribution is 2.33. The zero-order valence-electron chi connectivity index (χ0n) is 27.3. The summed E-state index contributed by atoms with van der Waals surface area (Å²) in [6.45, 7) is 7.49. The lowest BCUT2D eigenvalue weighted by molar-refractivity contribution is -0.384. The van der Waals surface area contributed by atoms with E-state index in [1.165, 1.54) is 12.1 Å². The van der Waals surface area contributed by atoms with E-state index in [1.807, 2.05) is 9.80 Å². The van der Waals surface area contributed by atoms with Gasteiger partial charge in [-0.25, -0.2) is 0 Å². The van der Waals surface area contributed by atoms with Crippen LogP contribution in [-0.4, -0.2) is 126 Å². The van der Waals surface area contributed by atoms with Crippen LogP contribution >= 0.6 is 0 Å². The van der Waals surface area contributed by atoms with Crippen molar-refractivity contribution in [3.05, 3.63) is 67.8 Å². The molecule has 0 unspecified atom stereocenters. The van der Waals surface area contributed by atoms with Crippen molar-refractivity contribution >= 4 is 50.0 Å². The van der Waals surface area contributed by atoms with Gasteiger partial charge in [0.05, 0.1) is 36.3 Å². The average molecular weight is 662 g/mol. The molecule has 4 aliphatic rings. The molecule has 0 atom stereocenters. The van der Waals surface area contributed by atoms with Gasteiger partial charge in [0, 0.05) is 92.5 Å². The molecule has 4 heterocycles. The Labute approximate surface area is 284 Å². The van der Waals surface area contributed by atoms with Crippen molar-refractivity contribution in [2.45, 2.75) is 38.5 Å². The molecule has 14 nitrogen and oxygen atoms in total. The molecule has 4 fully saturated rings. The number of nitrogens with zero attached hydrogens (tertiary/aromatic N) is 6. The van der Waals surface area contributed by atoms with E-state index in [9.17, 15) is 29.8 Å². The van der Waals surface area contributed by atoms with Gasteiger partial charge in [-0.15, -0.1) is 0 Å². The number of carbonyl (C=O) groups excluding carboxylic acids is 2. The van der Waals surface area contributed by atoms with Crippen molar-refractivity contribution in [1.82, 2.24) is 9.80 Å². The van der Waals surface area contributed by atoms with E-state index in [0.29, 0.717) is 75.1 Å². The molecule has 2 aromatic rings. The highest BCUT2D eigenvalue weighted by Gasteiger charge is 2.27. The first-order valence-electron chi connectivity index (χ1n) is 16.5. The molecule has 256 valence electrons. The zero-order valence-corrected chi connectivity index (χ0v) is 27.3. The molecule has 4 saturated heterocycles. The van der Waals surface area contributed by atoms with E-state index < -0.39 is 0 Å². The lowest BCUT2D eigenvalue weighted by Crippen LogP contribution is -2.40. The Morgan fingerprint density at radius 3 is 1.23 bits per heavy atom. The van der Waals surface area contributed by atoms with Gasteiger partial charge >= 0.3 is 0 Å². The Kier molecular flexibility index (Phi) is 14.0. The van der Waals surface area contributed by atoms with Crippen LogP contribution in [0.2, 0.25) is 0 Å².